The van der Waals surface area contributed by atoms with Crippen molar-refractivity contribution in [1.82, 2.24) is 4.90 Å². The maximum atomic E-state index is 14.2. The van der Waals surface area contributed by atoms with Crippen molar-refractivity contribution < 1.29 is 19.1 Å². The number of hydrogen-bond donors (Lipinski definition) is 1. The average molecular weight is 314 g/mol. The van der Waals surface area contributed by atoms with Gasteiger partial charge in [0.1, 0.15) is 5.82 Å². The zero-order valence-electron chi connectivity index (χ0n) is 11.8. The molecule has 1 aliphatic rings. The number of nitrogens with zero attached hydrogens (tertiary/aromatic N) is 1. The third-order valence-electron chi connectivity index (χ3n) is 3.81. The molecule has 1 saturated heterocycles. The van der Waals surface area contributed by atoms with Crippen LogP contribution in [0.4, 0.5) is 4.39 Å². The van der Waals surface area contributed by atoms with Crippen LogP contribution in [0, 0.1) is 11.7 Å². The van der Waals surface area contributed by atoms with Gasteiger partial charge >= 0.3 is 5.97 Å². The lowest BCUT2D eigenvalue weighted by molar-refractivity contribution is -0.153. The second-order valence-corrected chi connectivity index (χ2v) is 5.87. The van der Waals surface area contributed by atoms with Crippen molar-refractivity contribution in [3.8, 4) is 0 Å². The molecule has 1 fully saturated rings. The number of likely N-dealkylation sites (tertiary alicyclic amines) is 1. The minimum atomic E-state index is -1.04. The molecule has 1 aromatic carbocycles. The molecule has 1 heterocycles. The minimum Gasteiger partial charge on any atom is -0.481 e. The molecule has 2 rings (SSSR count). The van der Waals surface area contributed by atoms with E-state index in [1.165, 1.54) is 23.1 Å². The first kappa shape index (κ1) is 15.8. The Morgan fingerprint density at radius 2 is 2.14 bits per heavy atom. The summed E-state index contributed by atoms with van der Waals surface area (Å²) in [5.74, 6) is -2.66. The van der Waals surface area contributed by atoms with Crippen molar-refractivity contribution in [3.63, 3.8) is 0 Å². The number of piperidine rings is 1. The van der Waals surface area contributed by atoms with Crippen molar-refractivity contribution in [2.75, 3.05) is 0 Å². The summed E-state index contributed by atoms with van der Waals surface area (Å²) >= 11 is 6.08. The minimum absolute atomic E-state index is 0.0910. The Kier molecular flexibility index (Phi) is 4.52. The largest absolute Gasteiger partial charge is 0.481 e. The van der Waals surface area contributed by atoms with Crippen LogP contribution in [0.1, 0.15) is 38.3 Å². The standard InChI is InChI=1S/C15H17ClFNO3/c1-8(2)18-12(19)7-6-9(15(20)21)14(18)13-10(16)4-3-5-11(13)17/h3-5,8-9,14H,6-7H2,1-2H3,(H,20,21). The molecule has 2 atom stereocenters. The van der Waals surface area contributed by atoms with Gasteiger partial charge in [-0.25, -0.2) is 4.39 Å². The maximum absolute atomic E-state index is 14.2. The molecule has 0 aromatic heterocycles. The highest BCUT2D eigenvalue weighted by Gasteiger charge is 2.43. The molecule has 0 aliphatic carbocycles. The third-order valence-corrected chi connectivity index (χ3v) is 4.14. The fourth-order valence-electron chi connectivity index (χ4n) is 2.92. The summed E-state index contributed by atoms with van der Waals surface area (Å²) in [5.41, 5.74) is 0.0910. The summed E-state index contributed by atoms with van der Waals surface area (Å²) in [4.78, 5) is 25.1. The van der Waals surface area contributed by atoms with Gasteiger partial charge in [-0.05, 0) is 32.4 Å². The molecule has 4 nitrogen and oxygen atoms in total. The monoisotopic (exact) mass is 313 g/mol. The van der Waals surface area contributed by atoms with E-state index in [9.17, 15) is 19.1 Å². The highest BCUT2D eigenvalue weighted by molar-refractivity contribution is 6.31. The lowest BCUT2D eigenvalue weighted by Crippen LogP contribution is -2.48. The summed E-state index contributed by atoms with van der Waals surface area (Å²) in [6.07, 6.45) is 0.338. The van der Waals surface area contributed by atoms with Gasteiger partial charge in [-0.3, -0.25) is 9.59 Å². The topological polar surface area (TPSA) is 57.6 Å². The van der Waals surface area contributed by atoms with Crippen LogP contribution in [0.5, 0.6) is 0 Å². The number of carboxylic acid groups (broad SMARTS) is 1. The SMILES string of the molecule is CC(C)N1C(=O)CCC(C(=O)O)C1c1c(F)cccc1Cl. The Morgan fingerprint density at radius 1 is 1.48 bits per heavy atom. The molecule has 1 N–H and O–H groups in total. The number of halogens is 2. The van der Waals surface area contributed by atoms with Crippen LogP contribution in [-0.4, -0.2) is 27.9 Å². The Balaban J connectivity index is 2.60. The molecule has 1 aromatic rings. The van der Waals surface area contributed by atoms with E-state index in [0.717, 1.165) is 0 Å². The molecule has 1 amide bonds. The summed E-state index contributed by atoms with van der Waals surface area (Å²) in [7, 11) is 0. The van der Waals surface area contributed by atoms with Crippen molar-refractivity contribution in [2.45, 2.75) is 38.8 Å². The molecular formula is C15H17ClFNO3. The van der Waals surface area contributed by atoms with Crippen LogP contribution in [0.3, 0.4) is 0 Å². The Hall–Kier alpha value is -1.62. The normalized spacial score (nSPS) is 22.7. The van der Waals surface area contributed by atoms with E-state index in [1.807, 2.05) is 0 Å². The van der Waals surface area contributed by atoms with E-state index < -0.39 is 23.7 Å². The van der Waals surface area contributed by atoms with Gasteiger partial charge in [-0.2, -0.15) is 0 Å². The van der Waals surface area contributed by atoms with Crippen LogP contribution < -0.4 is 0 Å². The molecule has 0 spiro atoms. The zero-order chi connectivity index (χ0) is 15.7. The molecule has 0 radical (unpaired) electrons. The average Bonchev–Trinajstić information content (AvgIpc) is 2.37. The number of benzene rings is 1. The van der Waals surface area contributed by atoms with Crippen LogP contribution in [0.15, 0.2) is 18.2 Å². The predicted octanol–water partition coefficient (Wildman–Crippen LogP) is 3.25. The smallest absolute Gasteiger partial charge is 0.308 e. The molecular weight excluding hydrogens is 297 g/mol. The molecule has 0 bridgehead atoms. The molecule has 2 unspecified atom stereocenters. The van der Waals surface area contributed by atoms with E-state index in [4.69, 9.17) is 11.6 Å². The quantitative estimate of drug-likeness (QED) is 0.932. The van der Waals surface area contributed by atoms with Gasteiger partial charge in [-0.15, -0.1) is 0 Å². The van der Waals surface area contributed by atoms with Crippen LogP contribution in [-0.2, 0) is 9.59 Å². The Morgan fingerprint density at radius 3 is 2.67 bits per heavy atom. The number of rotatable bonds is 3. The van der Waals surface area contributed by atoms with Crippen molar-refractivity contribution >= 4 is 23.5 Å². The summed E-state index contributed by atoms with van der Waals surface area (Å²) in [6, 6.07) is 3.09. The molecule has 21 heavy (non-hydrogen) atoms. The van der Waals surface area contributed by atoms with Crippen LogP contribution in [0.25, 0.3) is 0 Å². The van der Waals surface area contributed by atoms with Gasteiger partial charge < -0.3 is 10.0 Å². The number of hydrogen-bond acceptors (Lipinski definition) is 2. The number of aliphatic carboxylic acids is 1. The number of carboxylic acids is 1. The first-order valence-corrected chi connectivity index (χ1v) is 7.20. The van der Waals surface area contributed by atoms with Crippen LogP contribution in [0.2, 0.25) is 5.02 Å². The third kappa shape index (κ3) is 2.88. The zero-order valence-corrected chi connectivity index (χ0v) is 12.6. The number of carbonyl (C=O) groups is 2. The lowest BCUT2D eigenvalue weighted by atomic mass is 9.83. The summed E-state index contributed by atoms with van der Waals surface area (Å²) in [5, 5.41) is 9.58. The second kappa shape index (κ2) is 6.02. The number of amides is 1. The molecule has 6 heteroatoms. The lowest BCUT2D eigenvalue weighted by Gasteiger charge is -2.42. The fraction of sp³-hybridized carbons (Fsp3) is 0.467. The van der Waals surface area contributed by atoms with E-state index in [0.29, 0.717) is 0 Å². The Labute approximate surface area is 127 Å². The van der Waals surface area contributed by atoms with Gasteiger partial charge in [0.05, 0.1) is 12.0 Å². The predicted molar refractivity (Wildman–Crippen MR) is 76.5 cm³/mol. The first-order valence-electron chi connectivity index (χ1n) is 6.82. The highest BCUT2D eigenvalue weighted by atomic mass is 35.5. The van der Waals surface area contributed by atoms with Gasteiger partial charge in [0, 0.05) is 23.0 Å². The summed E-state index contributed by atoms with van der Waals surface area (Å²) < 4.78 is 14.2. The number of carbonyl (C=O) groups excluding carboxylic acids is 1. The summed E-state index contributed by atoms with van der Waals surface area (Å²) in [6.45, 7) is 3.56. The van der Waals surface area contributed by atoms with E-state index in [-0.39, 0.29) is 35.4 Å². The molecule has 1 aliphatic heterocycles. The maximum Gasteiger partial charge on any atom is 0.308 e. The molecule has 0 saturated carbocycles. The second-order valence-electron chi connectivity index (χ2n) is 5.46. The highest BCUT2D eigenvalue weighted by Crippen LogP contribution is 2.41. The Bertz CT molecular complexity index is 556. The van der Waals surface area contributed by atoms with Crippen molar-refractivity contribution in [3.05, 3.63) is 34.6 Å². The van der Waals surface area contributed by atoms with Crippen LogP contribution >= 0.6 is 11.6 Å². The first-order chi connectivity index (χ1) is 9.84. The van der Waals surface area contributed by atoms with Gasteiger partial charge in [0.2, 0.25) is 5.91 Å². The van der Waals surface area contributed by atoms with E-state index in [2.05, 4.69) is 0 Å². The fourth-order valence-corrected chi connectivity index (χ4v) is 3.19. The van der Waals surface area contributed by atoms with Crippen molar-refractivity contribution in [1.29, 1.82) is 0 Å². The molecule has 114 valence electrons. The van der Waals surface area contributed by atoms with Crippen molar-refractivity contribution in [2.24, 2.45) is 5.92 Å². The van der Waals surface area contributed by atoms with Gasteiger partial charge in [0.15, 0.2) is 0 Å². The van der Waals surface area contributed by atoms with Gasteiger partial charge in [-0.1, -0.05) is 17.7 Å². The van der Waals surface area contributed by atoms with E-state index >= 15 is 0 Å². The van der Waals surface area contributed by atoms with E-state index in [1.54, 1.807) is 13.8 Å². The van der Waals surface area contributed by atoms with Gasteiger partial charge in [0.25, 0.3) is 0 Å².